The summed E-state index contributed by atoms with van der Waals surface area (Å²) in [5.41, 5.74) is 0. The molecule has 2 atom stereocenters. The normalized spacial score (nSPS) is 13.8. The second-order valence-corrected chi connectivity index (χ2v) is 6.65. The van der Waals surface area contributed by atoms with Crippen molar-refractivity contribution < 1.29 is 14.7 Å². The van der Waals surface area contributed by atoms with Crippen molar-refractivity contribution in [3.63, 3.8) is 0 Å². The molecule has 5 nitrogen and oxygen atoms in total. The molecule has 0 aliphatic heterocycles. The minimum atomic E-state index is -0.875. The number of nitrogens with one attached hydrogen (secondary N) is 1. The van der Waals surface area contributed by atoms with E-state index in [1.165, 1.54) is 4.88 Å². The number of hydrogen-bond donors (Lipinski definition) is 2. The number of hydrogen-bond acceptors (Lipinski definition) is 3. The second-order valence-electron chi connectivity index (χ2n) is 5.62. The number of thiophene rings is 1. The lowest BCUT2D eigenvalue weighted by Gasteiger charge is -2.26. The molecule has 1 rings (SSSR count). The van der Waals surface area contributed by atoms with Crippen molar-refractivity contribution >= 4 is 23.3 Å². The third-order valence-corrected chi connectivity index (χ3v) is 4.55. The van der Waals surface area contributed by atoms with Crippen molar-refractivity contribution in [1.29, 1.82) is 0 Å². The molecule has 0 saturated carbocycles. The number of likely N-dealkylation sites (N-methyl/N-ethyl adjacent to an activating group) is 1. The Bertz CT molecular complexity index is 459. The maximum absolute atomic E-state index is 12.1. The highest BCUT2D eigenvalue weighted by Crippen LogP contribution is 2.14. The van der Waals surface area contributed by atoms with E-state index >= 15 is 0 Å². The van der Waals surface area contributed by atoms with E-state index in [9.17, 15) is 9.59 Å². The van der Waals surface area contributed by atoms with Crippen LogP contribution in [0.15, 0.2) is 17.5 Å². The van der Waals surface area contributed by atoms with Gasteiger partial charge in [-0.2, -0.15) is 0 Å². The van der Waals surface area contributed by atoms with Crippen molar-refractivity contribution in [2.24, 2.45) is 11.8 Å². The van der Waals surface area contributed by atoms with Crippen LogP contribution in [0.5, 0.6) is 0 Å². The van der Waals surface area contributed by atoms with Gasteiger partial charge in [-0.05, 0) is 24.3 Å². The van der Waals surface area contributed by atoms with Crippen molar-refractivity contribution in [1.82, 2.24) is 10.2 Å². The maximum Gasteiger partial charge on any atom is 0.317 e. The van der Waals surface area contributed by atoms with Crippen LogP contribution in [0, 0.1) is 11.8 Å². The molecule has 2 N–H and O–H groups in total. The van der Waals surface area contributed by atoms with Crippen LogP contribution in [-0.2, 0) is 11.2 Å². The third kappa shape index (κ3) is 5.38. The fraction of sp³-hybridized carbons (Fsp3) is 0.600. The number of carbonyl (C=O) groups is 2. The predicted octanol–water partition coefficient (Wildman–Crippen LogP) is 2.68. The van der Waals surface area contributed by atoms with Gasteiger partial charge in [0.2, 0.25) is 0 Å². The molecular formula is C15H24N2O3S. The van der Waals surface area contributed by atoms with E-state index in [4.69, 9.17) is 5.11 Å². The fourth-order valence-electron chi connectivity index (χ4n) is 1.99. The Balaban J connectivity index is 2.48. The van der Waals surface area contributed by atoms with Crippen LogP contribution in [0.4, 0.5) is 4.79 Å². The van der Waals surface area contributed by atoms with Crippen LogP contribution in [0.2, 0.25) is 0 Å². The molecule has 1 aromatic heterocycles. The number of carbonyl (C=O) groups excluding carboxylic acids is 1. The quantitative estimate of drug-likeness (QED) is 0.813. The molecule has 118 valence electrons. The lowest BCUT2D eigenvalue weighted by molar-refractivity contribution is -0.142. The first-order valence-electron chi connectivity index (χ1n) is 7.08. The highest BCUT2D eigenvalue weighted by molar-refractivity contribution is 7.09. The van der Waals surface area contributed by atoms with Crippen molar-refractivity contribution in [2.75, 3.05) is 13.6 Å². The minimum absolute atomic E-state index is 0.0170. The van der Waals surface area contributed by atoms with Crippen LogP contribution >= 0.6 is 11.3 Å². The van der Waals surface area contributed by atoms with Crippen LogP contribution in [0.25, 0.3) is 0 Å². The second kappa shape index (κ2) is 8.02. The van der Waals surface area contributed by atoms with Gasteiger partial charge in [0.25, 0.3) is 0 Å². The van der Waals surface area contributed by atoms with Gasteiger partial charge in [-0.25, -0.2) is 4.79 Å². The average molecular weight is 312 g/mol. The van der Waals surface area contributed by atoms with Gasteiger partial charge in [0, 0.05) is 30.9 Å². The maximum atomic E-state index is 12.1. The number of amides is 2. The van der Waals surface area contributed by atoms with E-state index in [0.29, 0.717) is 0 Å². The zero-order valence-corrected chi connectivity index (χ0v) is 13.8. The van der Waals surface area contributed by atoms with Crippen molar-refractivity contribution in [3.8, 4) is 0 Å². The molecule has 21 heavy (non-hydrogen) atoms. The summed E-state index contributed by atoms with van der Waals surface area (Å²) in [6, 6.07) is 3.87. The molecule has 1 heterocycles. The standard InChI is InChI=1S/C15H24N2O3S/c1-10(2)13(14(18)19)9-16-15(20)17(4)11(3)8-12-6-5-7-21-12/h5-7,10-11,13H,8-9H2,1-4H3,(H,16,20)(H,18,19). The lowest BCUT2D eigenvalue weighted by atomic mass is 9.96. The molecule has 6 heteroatoms. The summed E-state index contributed by atoms with van der Waals surface area (Å²) in [6.07, 6.45) is 0.800. The first kappa shape index (κ1) is 17.5. The topological polar surface area (TPSA) is 69.6 Å². The minimum Gasteiger partial charge on any atom is -0.481 e. The fourth-order valence-corrected chi connectivity index (χ4v) is 2.81. The Labute approximate surface area is 130 Å². The number of urea groups is 1. The Kier molecular flexibility index (Phi) is 6.68. The van der Waals surface area contributed by atoms with Gasteiger partial charge >= 0.3 is 12.0 Å². The molecule has 0 spiro atoms. The van der Waals surface area contributed by atoms with E-state index < -0.39 is 11.9 Å². The molecule has 0 bridgehead atoms. The molecule has 2 unspecified atom stereocenters. The molecule has 0 saturated heterocycles. The number of nitrogens with zero attached hydrogens (tertiary/aromatic N) is 1. The molecule has 0 aromatic carbocycles. The lowest BCUT2D eigenvalue weighted by Crippen LogP contribution is -2.46. The molecular weight excluding hydrogens is 288 g/mol. The zero-order chi connectivity index (χ0) is 16.0. The summed E-state index contributed by atoms with van der Waals surface area (Å²) >= 11 is 1.67. The van der Waals surface area contributed by atoms with Gasteiger partial charge in [0.05, 0.1) is 5.92 Å². The van der Waals surface area contributed by atoms with Crippen LogP contribution in [0.1, 0.15) is 25.6 Å². The molecule has 2 amide bonds. The van der Waals surface area contributed by atoms with E-state index in [1.54, 1.807) is 23.3 Å². The third-order valence-electron chi connectivity index (χ3n) is 3.65. The monoisotopic (exact) mass is 312 g/mol. The van der Waals surface area contributed by atoms with Crippen LogP contribution in [0.3, 0.4) is 0 Å². The summed E-state index contributed by atoms with van der Waals surface area (Å²) in [4.78, 5) is 26.0. The van der Waals surface area contributed by atoms with Gasteiger partial charge in [0.1, 0.15) is 0 Å². The highest BCUT2D eigenvalue weighted by Gasteiger charge is 2.23. The van der Waals surface area contributed by atoms with Crippen molar-refractivity contribution in [3.05, 3.63) is 22.4 Å². The molecule has 0 aliphatic carbocycles. The largest absolute Gasteiger partial charge is 0.481 e. The first-order valence-corrected chi connectivity index (χ1v) is 7.96. The Morgan fingerprint density at radius 1 is 1.38 bits per heavy atom. The van der Waals surface area contributed by atoms with Gasteiger partial charge in [-0.3, -0.25) is 4.79 Å². The predicted molar refractivity (Wildman–Crippen MR) is 84.6 cm³/mol. The summed E-state index contributed by atoms with van der Waals surface area (Å²) in [7, 11) is 1.73. The van der Waals surface area contributed by atoms with Crippen LogP contribution in [-0.4, -0.2) is 41.6 Å². The van der Waals surface area contributed by atoms with Gasteiger partial charge in [-0.15, -0.1) is 11.3 Å². The van der Waals surface area contributed by atoms with E-state index in [0.717, 1.165) is 6.42 Å². The molecule has 0 fully saturated rings. The Hall–Kier alpha value is -1.56. The van der Waals surface area contributed by atoms with Crippen molar-refractivity contribution in [2.45, 2.75) is 33.2 Å². The summed E-state index contributed by atoms with van der Waals surface area (Å²) in [5.74, 6) is -1.45. The van der Waals surface area contributed by atoms with Gasteiger partial charge in [-0.1, -0.05) is 19.9 Å². The number of carboxylic acids is 1. The average Bonchev–Trinajstić information content (AvgIpc) is 2.89. The summed E-state index contributed by atoms with van der Waals surface area (Å²) in [6.45, 7) is 5.82. The summed E-state index contributed by atoms with van der Waals surface area (Å²) in [5, 5.41) is 13.8. The van der Waals surface area contributed by atoms with Crippen LogP contribution < -0.4 is 5.32 Å². The zero-order valence-electron chi connectivity index (χ0n) is 13.0. The highest BCUT2D eigenvalue weighted by atomic mass is 32.1. The smallest absolute Gasteiger partial charge is 0.317 e. The number of aliphatic carboxylic acids is 1. The summed E-state index contributed by atoms with van der Waals surface area (Å²) < 4.78 is 0. The van der Waals surface area contributed by atoms with E-state index in [1.807, 2.05) is 38.3 Å². The Morgan fingerprint density at radius 2 is 2.05 bits per heavy atom. The van der Waals surface area contributed by atoms with Gasteiger partial charge < -0.3 is 15.3 Å². The molecule has 0 radical (unpaired) electrons. The van der Waals surface area contributed by atoms with E-state index in [2.05, 4.69) is 5.32 Å². The Morgan fingerprint density at radius 3 is 2.52 bits per heavy atom. The van der Waals surface area contributed by atoms with E-state index in [-0.39, 0.29) is 24.5 Å². The van der Waals surface area contributed by atoms with Gasteiger partial charge in [0.15, 0.2) is 0 Å². The SMILES string of the molecule is CC(C)C(CNC(=O)N(C)C(C)Cc1cccs1)C(=O)O. The molecule has 1 aromatic rings. The first-order chi connectivity index (χ1) is 9.82. The number of carboxylic acid groups (broad SMARTS) is 1. The number of rotatable bonds is 7. The molecule has 0 aliphatic rings.